The maximum atomic E-state index is 5.32. The van der Waals surface area contributed by atoms with Crippen LogP contribution in [0.1, 0.15) is 24.6 Å². The molecule has 1 saturated carbocycles. The van der Waals surface area contributed by atoms with Gasteiger partial charge in [0.05, 0.1) is 0 Å². The smallest absolute Gasteiger partial charge is 0.195 e. The number of nitrogens with zero attached hydrogens (tertiary/aromatic N) is 2. The van der Waals surface area contributed by atoms with Gasteiger partial charge >= 0.3 is 0 Å². The number of aromatic nitrogens is 3. The third kappa shape index (κ3) is 2.33. The van der Waals surface area contributed by atoms with Crippen LogP contribution in [0.3, 0.4) is 0 Å². The average Bonchev–Trinajstić information content (AvgIpc) is 3.08. The zero-order valence-electron chi connectivity index (χ0n) is 9.02. The van der Waals surface area contributed by atoms with Crippen LogP contribution in [0.5, 0.6) is 0 Å². The Morgan fingerprint density at radius 3 is 3.00 bits per heavy atom. The van der Waals surface area contributed by atoms with Crippen molar-refractivity contribution < 1.29 is 0 Å². The van der Waals surface area contributed by atoms with Crippen LogP contribution >= 0.6 is 35.7 Å². The van der Waals surface area contributed by atoms with E-state index in [4.69, 9.17) is 12.2 Å². The Balaban J connectivity index is 1.76. The average molecular weight is 273 g/mol. The first kappa shape index (κ1) is 11.2. The molecule has 1 unspecified atom stereocenters. The molecule has 2 heterocycles. The van der Waals surface area contributed by atoms with E-state index in [2.05, 4.69) is 38.3 Å². The summed E-state index contributed by atoms with van der Waals surface area (Å²) >= 11 is 9.46. The van der Waals surface area contributed by atoms with Crippen molar-refractivity contribution in [3.05, 3.63) is 10.6 Å². The summed E-state index contributed by atoms with van der Waals surface area (Å²) in [5, 5.41) is 8.03. The molecule has 0 amide bonds. The quantitative estimate of drug-likeness (QED) is 0.859. The molecular weight excluding hydrogens is 258 g/mol. The van der Waals surface area contributed by atoms with Gasteiger partial charge in [0, 0.05) is 35.0 Å². The number of hydrogen-bond donors (Lipinski definition) is 1. The summed E-state index contributed by atoms with van der Waals surface area (Å²) in [4.78, 5) is 0. The number of nitrogens with one attached hydrogen (secondary N) is 1. The fourth-order valence-electron chi connectivity index (χ4n) is 2.01. The summed E-state index contributed by atoms with van der Waals surface area (Å²) in [7, 11) is 0. The van der Waals surface area contributed by atoms with Crippen molar-refractivity contribution in [2.45, 2.75) is 30.6 Å². The lowest BCUT2D eigenvalue weighted by atomic mass is 10.3. The van der Waals surface area contributed by atoms with Gasteiger partial charge < -0.3 is 4.57 Å². The Kier molecular flexibility index (Phi) is 3.31. The lowest BCUT2D eigenvalue weighted by Crippen LogP contribution is -2.21. The molecular formula is C10H15N3S3. The maximum Gasteiger partial charge on any atom is 0.195 e. The van der Waals surface area contributed by atoms with Crippen molar-refractivity contribution in [2.75, 3.05) is 17.3 Å². The van der Waals surface area contributed by atoms with Gasteiger partial charge in [-0.05, 0) is 25.1 Å². The Labute approximate surface area is 109 Å². The SMILES string of the molecule is S=c1[nH]nc(C2CC2)n1CC1CSCCS1. The zero-order chi connectivity index (χ0) is 11.0. The van der Waals surface area contributed by atoms with Gasteiger partial charge in [0.2, 0.25) is 0 Å². The van der Waals surface area contributed by atoms with Gasteiger partial charge in [0.1, 0.15) is 5.82 Å². The third-order valence-electron chi connectivity index (χ3n) is 3.00. The second-order valence-electron chi connectivity index (χ2n) is 4.34. The molecule has 1 N–H and O–H groups in total. The molecule has 0 radical (unpaired) electrons. The van der Waals surface area contributed by atoms with E-state index in [1.807, 2.05) is 0 Å². The second kappa shape index (κ2) is 4.74. The first-order valence-electron chi connectivity index (χ1n) is 5.69. The zero-order valence-corrected chi connectivity index (χ0v) is 11.5. The van der Waals surface area contributed by atoms with Crippen LogP contribution in [0.2, 0.25) is 0 Å². The molecule has 1 aliphatic carbocycles. The third-order valence-corrected chi connectivity index (χ3v) is 6.14. The molecule has 16 heavy (non-hydrogen) atoms. The Morgan fingerprint density at radius 1 is 1.44 bits per heavy atom. The normalized spacial score (nSPS) is 25.9. The minimum atomic E-state index is 0.675. The summed E-state index contributed by atoms with van der Waals surface area (Å²) in [5.74, 6) is 5.70. The predicted octanol–water partition coefficient (Wildman–Crippen LogP) is 2.67. The Bertz CT molecular complexity index is 415. The summed E-state index contributed by atoms with van der Waals surface area (Å²) in [6, 6.07) is 0. The van der Waals surface area contributed by atoms with Crippen molar-refractivity contribution >= 4 is 35.7 Å². The van der Waals surface area contributed by atoms with E-state index in [1.54, 1.807) is 0 Å². The molecule has 1 saturated heterocycles. The van der Waals surface area contributed by atoms with Gasteiger partial charge in [0.25, 0.3) is 0 Å². The van der Waals surface area contributed by atoms with Crippen molar-refractivity contribution in [2.24, 2.45) is 0 Å². The monoisotopic (exact) mass is 273 g/mol. The van der Waals surface area contributed by atoms with Gasteiger partial charge in [0.15, 0.2) is 4.77 Å². The highest BCUT2D eigenvalue weighted by atomic mass is 32.2. The van der Waals surface area contributed by atoms with Crippen molar-refractivity contribution in [1.82, 2.24) is 14.8 Å². The molecule has 2 fully saturated rings. The summed E-state index contributed by atoms with van der Waals surface area (Å²) < 4.78 is 3.04. The van der Waals surface area contributed by atoms with Gasteiger partial charge in [-0.1, -0.05) is 0 Å². The van der Waals surface area contributed by atoms with Crippen LogP contribution in [0.25, 0.3) is 0 Å². The minimum Gasteiger partial charge on any atom is -0.303 e. The predicted molar refractivity (Wildman–Crippen MR) is 73.0 cm³/mol. The van der Waals surface area contributed by atoms with Crippen LogP contribution < -0.4 is 0 Å². The fraction of sp³-hybridized carbons (Fsp3) is 0.800. The number of aromatic amines is 1. The van der Waals surface area contributed by atoms with Crippen LogP contribution in [0, 0.1) is 4.77 Å². The molecule has 0 spiro atoms. The highest BCUT2D eigenvalue weighted by molar-refractivity contribution is 8.06. The Hall–Kier alpha value is 0.0600. The molecule has 88 valence electrons. The van der Waals surface area contributed by atoms with Gasteiger partial charge in [-0.3, -0.25) is 5.10 Å². The lowest BCUT2D eigenvalue weighted by Gasteiger charge is -2.21. The maximum absolute atomic E-state index is 5.32. The van der Waals surface area contributed by atoms with Gasteiger partial charge in [-0.15, -0.1) is 0 Å². The second-order valence-corrected chi connectivity index (χ2v) is 7.28. The minimum absolute atomic E-state index is 0.675. The van der Waals surface area contributed by atoms with E-state index in [-0.39, 0.29) is 0 Å². The van der Waals surface area contributed by atoms with E-state index in [9.17, 15) is 0 Å². The van der Waals surface area contributed by atoms with E-state index in [1.165, 1.54) is 35.9 Å². The largest absolute Gasteiger partial charge is 0.303 e. The summed E-state index contributed by atoms with van der Waals surface area (Å²) in [6.45, 7) is 1.04. The number of H-pyrrole nitrogens is 1. The molecule has 1 aromatic heterocycles. The van der Waals surface area contributed by atoms with Gasteiger partial charge in [-0.25, -0.2) is 0 Å². The topological polar surface area (TPSA) is 33.6 Å². The number of hydrogen-bond acceptors (Lipinski definition) is 4. The van der Waals surface area contributed by atoms with Crippen LogP contribution in [0.15, 0.2) is 0 Å². The molecule has 0 aromatic carbocycles. The molecule has 3 nitrogen and oxygen atoms in total. The first-order valence-corrected chi connectivity index (χ1v) is 8.30. The summed E-state index contributed by atoms with van der Waals surface area (Å²) in [5.41, 5.74) is 0. The number of rotatable bonds is 3. The van der Waals surface area contributed by atoms with E-state index in [0.29, 0.717) is 11.2 Å². The molecule has 1 aromatic rings. The van der Waals surface area contributed by atoms with E-state index >= 15 is 0 Å². The summed E-state index contributed by atoms with van der Waals surface area (Å²) in [6.07, 6.45) is 2.57. The standard InChI is InChI=1S/C10H15N3S3/c14-10-12-11-9(7-1-2-7)13(10)5-8-6-15-3-4-16-8/h7-8H,1-6H2,(H,12,14). The number of thioether (sulfide) groups is 2. The van der Waals surface area contributed by atoms with Crippen LogP contribution in [-0.2, 0) is 6.54 Å². The van der Waals surface area contributed by atoms with Crippen LogP contribution in [-0.4, -0.2) is 37.3 Å². The Morgan fingerprint density at radius 2 is 2.31 bits per heavy atom. The lowest BCUT2D eigenvalue weighted by molar-refractivity contribution is 0.645. The molecule has 1 atom stereocenters. The van der Waals surface area contributed by atoms with Gasteiger partial charge in [-0.2, -0.15) is 28.6 Å². The first-order chi connectivity index (χ1) is 7.84. The van der Waals surface area contributed by atoms with E-state index < -0.39 is 0 Å². The van der Waals surface area contributed by atoms with E-state index in [0.717, 1.165) is 11.3 Å². The highest BCUT2D eigenvalue weighted by Gasteiger charge is 2.29. The molecule has 1 aliphatic heterocycles. The highest BCUT2D eigenvalue weighted by Crippen LogP contribution is 2.39. The van der Waals surface area contributed by atoms with Crippen LogP contribution in [0.4, 0.5) is 0 Å². The van der Waals surface area contributed by atoms with Crippen molar-refractivity contribution in [3.63, 3.8) is 0 Å². The molecule has 0 bridgehead atoms. The molecule has 6 heteroatoms. The van der Waals surface area contributed by atoms with Crippen molar-refractivity contribution in [1.29, 1.82) is 0 Å². The molecule has 3 rings (SSSR count). The van der Waals surface area contributed by atoms with Crippen molar-refractivity contribution in [3.8, 4) is 0 Å². The molecule has 2 aliphatic rings. The fourth-order valence-corrected chi connectivity index (χ4v) is 4.87.